The Bertz CT molecular complexity index is 300. The minimum Gasteiger partial charge on any atom is -0.325 e. The summed E-state index contributed by atoms with van der Waals surface area (Å²) in [6.07, 6.45) is 6.02. The van der Waals surface area contributed by atoms with Crippen LogP contribution in [0.3, 0.4) is 0 Å². The molecule has 0 saturated carbocycles. The van der Waals surface area contributed by atoms with E-state index in [-0.39, 0.29) is 5.91 Å². The van der Waals surface area contributed by atoms with Gasteiger partial charge in [0.1, 0.15) is 0 Å². The molecule has 4 nitrogen and oxygen atoms in total. The lowest BCUT2D eigenvalue weighted by Crippen LogP contribution is -2.35. The Labute approximate surface area is 89.9 Å². The van der Waals surface area contributed by atoms with E-state index in [4.69, 9.17) is 5.73 Å². The predicted molar refractivity (Wildman–Crippen MR) is 60.4 cm³/mol. The van der Waals surface area contributed by atoms with Crippen LogP contribution >= 0.6 is 0 Å². The molecular weight excluding hydrogens is 190 g/mol. The summed E-state index contributed by atoms with van der Waals surface area (Å²) < 4.78 is 0. The molecule has 1 heterocycles. The second-order valence-corrected chi connectivity index (χ2v) is 3.47. The number of hydrogen-bond donors (Lipinski definition) is 2. The summed E-state index contributed by atoms with van der Waals surface area (Å²) in [7, 11) is 0. The van der Waals surface area contributed by atoms with Crippen LogP contribution in [0.5, 0.6) is 0 Å². The Balaban J connectivity index is 2.42. The van der Waals surface area contributed by atoms with Gasteiger partial charge >= 0.3 is 0 Å². The van der Waals surface area contributed by atoms with Gasteiger partial charge in [-0.05, 0) is 18.6 Å². The highest BCUT2D eigenvalue weighted by Gasteiger charge is 2.12. The van der Waals surface area contributed by atoms with E-state index >= 15 is 0 Å². The average Bonchev–Trinajstić information content (AvgIpc) is 2.27. The Morgan fingerprint density at radius 1 is 1.53 bits per heavy atom. The van der Waals surface area contributed by atoms with Crippen LogP contribution in [0.4, 0.5) is 5.69 Å². The van der Waals surface area contributed by atoms with Gasteiger partial charge in [0.05, 0.1) is 6.04 Å². The van der Waals surface area contributed by atoms with Crippen LogP contribution in [0.15, 0.2) is 24.5 Å². The molecule has 0 saturated heterocycles. The maximum atomic E-state index is 11.6. The van der Waals surface area contributed by atoms with Crippen molar-refractivity contribution >= 4 is 11.6 Å². The zero-order valence-corrected chi connectivity index (χ0v) is 8.94. The van der Waals surface area contributed by atoms with Crippen molar-refractivity contribution in [3.8, 4) is 0 Å². The second-order valence-electron chi connectivity index (χ2n) is 3.47. The number of pyridine rings is 1. The van der Waals surface area contributed by atoms with E-state index < -0.39 is 6.04 Å². The number of carbonyl (C=O) groups is 1. The third-order valence-electron chi connectivity index (χ3n) is 2.15. The van der Waals surface area contributed by atoms with E-state index in [2.05, 4.69) is 17.2 Å². The molecule has 1 rings (SSSR count). The monoisotopic (exact) mass is 207 g/mol. The smallest absolute Gasteiger partial charge is 0.241 e. The van der Waals surface area contributed by atoms with Gasteiger partial charge in [0.25, 0.3) is 0 Å². The first-order valence-corrected chi connectivity index (χ1v) is 5.20. The van der Waals surface area contributed by atoms with Crippen molar-refractivity contribution in [2.75, 3.05) is 5.32 Å². The van der Waals surface area contributed by atoms with Gasteiger partial charge < -0.3 is 11.1 Å². The maximum absolute atomic E-state index is 11.6. The molecule has 1 amide bonds. The first-order valence-electron chi connectivity index (χ1n) is 5.20. The number of nitrogens with zero attached hydrogens (tertiary/aromatic N) is 1. The fourth-order valence-electron chi connectivity index (χ4n) is 1.23. The predicted octanol–water partition coefficient (Wildman–Crippen LogP) is 1.54. The van der Waals surface area contributed by atoms with Crippen molar-refractivity contribution in [3.63, 3.8) is 0 Å². The highest BCUT2D eigenvalue weighted by atomic mass is 16.2. The van der Waals surface area contributed by atoms with Gasteiger partial charge in [-0.25, -0.2) is 0 Å². The first-order chi connectivity index (χ1) is 7.24. The molecule has 0 fully saturated rings. The second kappa shape index (κ2) is 6.14. The number of aromatic nitrogens is 1. The molecule has 82 valence electrons. The molecule has 0 aliphatic heterocycles. The van der Waals surface area contributed by atoms with Gasteiger partial charge in [-0.15, -0.1) is 0 Å². The number of unbranched alkanes of at least 4 members (excludes halogenated alkanes) is 1. The van der Waals surface area contributed by atoms with E-state index in [1.807, 2.05) is 0 Å². The average molecular weight is 207 g/mol. The van der Waals surface area contributed by atoms with Crippen molar-refractivity contribution in [3.05, 3.63) is 24.5 Å². The molecule has 0 aromatic carbocycles. The molecule has 0 bridgehead atoms. The fraction of sp³-hybridized carbons (Fsp3) is 0.455. The van der Waals surface area contributed by atoms with Crippen LogP contribution in [-0.2, 0) is 4.79 Å². The van der Waals surface area contributed by atoms with Crippen LogP contribution in [0.25, 0.3) is 0 Å². The number of hydrogen-bond acceptors (Lipinski definition) is 3. The van der Waals surface area contributed by atoms with Crippen LogP contribution in [-0.4, -0.2) is 16.9 Å². The highest BCUT2D eigenvalue weighted by Crippen LogP contribution is 2.05. The van der Waals surface area contributed by atoms with Crippen molar-refractivity contribution in [2.24, 2.45) is 5.73 Å². The largest absolute Gasteiger partial charge is 0.325 e. The molecule has 1 aromatic heterocycles. The fourth-order valence-corrected chi connectivity index (χ4v) is 1.23. The van der Waals surface area contributed by atoms with E-state index in [0.717, 1.165) is 24.9 Å². The lowest BCUT2D eigenvalue weighted by atomic mass is 10.1. The number of rotatable bonds is 5. The summed E-state index contributed by atoms with van der Waals surface area (Å²) in [6, 6.07) is 3.06. The molecule has 0 aliphatic carbocycles. The Morgan fingerprint density at radius 2 is 2.20 bits per heavy atom. The third-order valence-corrected chi connectivity index (χ3v) is 2.15. The van der Waals surface area contributed by atoms with Crippen molar-refractivity contribution in [2.45, 2.75) is 32.2 Å². The Hall–Kier alpha value is -1.42. The summed E-state index contributed by atoms with van der Waals surface area (Å²) in [6.45, 7) is 2.08. The lowest BCUT2D eigenvalue weighted by Gasteiger charge is -2.11. The van der Waals surface area contributed by atoms with E-state index in [1.54, 1.807) is 24.5 Å². The number of nitrogens with one attached hydrogen (secondary N) is 1. The van der Waals surface area contributed by atoms with Gasteiger partial charge in [-0.3, -0.25) is 9.78 Å². The summed E-state index contributed by atoms with van der Waals surface area (Å²) in [5, 5.41) is 2.75. The number of nitrogens with two attached hydrogens (primary N) is 1. The van der Waals surface area contributed by atoms with Crippen LogP contribution in [0.2, 0.25) is 0 Å². The number of amides is 1. The summed E-state index contributed by atoms with van der Waals surface area (Å²) in [5.74, 6) is -0.130. The third kappa shape index (κ3) is 4.08. The van der Waals surface area contributed by atoms with Gasteiger partial charge in [0.2, 0.25) is 5.91 Å². The van der Waals surface area contributed by atoms with Crippen molar-refractivity contribution in [1.82, 2.24) is 4.98 Å². The molecule has 0 radical (unpaired) electrons. The quantitative estimate of drug-likeness (QED) is 0.769. The molecule has 0 spiro atoms. The van der Waals surface area contributed by atoms with Crippen LogP contribution < -0.4 is 11.1 Å². The molecule has 1 atom stereocenters. The molecule has 1 aromatic rings. The van der Waals surface area contributed by atoms with Gasteiger partial charge in [-0.2, -0.15) is 0 Å². The van der Waals surface area contributed by atoms with Gasteiger partial charge in [-0.1, -0.05) is 19.8 Å². The minimum absolute atomic E-state index is 0.130. The molecule has 0 aliphatic rings. The SMILES string of the molecule is CCCC[C@H](N)C(=O)Nc1ccncc1. The summed E-state index contributed by atoms with van der Waals surface area (Å²) in [5.41, 5.74) is 6.46. The van der Waals surface area contributed by atoms with Crippen LogP contribution in [0.1, 0.15) is 26.2 Å². The lowest BCUT2D eigenvalue weighted by molar-refractivity contribution is -0.117. The Kier molecular flexibility index (Phi) is 4.77. The number of anilines is 1. The number of carbonyl (C=O) groups excluding carboxylic acids is 1. The highest BCUT2D eigenvalue weighted by molar-refractivity contribution is 5.94. The maximum Gasteiger partial charge on any atom is 0.241 e. The summed E-state index contributed by atoms with van der Waals surface area (Å²) in [4.78, 5) is 15.4. The molecule has 0 unspecified atom stereocenters. The van der Waals surface area contributed by atoms with Gasteiger partial charge in [0.15, 0.2) is 0 Å². The zero-order valence-electron chi connectivity index (χ0n) is 8.94. The van der Waals surface area contributed by atoms with Crippen LogP contribution in [0, 0.1) is 0 Å². The first kappa shape index (κ1) is 11.7. The van der Waals surface area contributed by atoms with Crippen molar-refractivity contribution < 1.29 is 4.79 Å². The minimum atomic E-state index is -0.418. The van der Waals surface area contributed by atoms with Crippen molar-refractivity contribution in [1.29, 1.82) is 0 Å². The topological polar surface area (TPSA) is 68.0 Å². The molecule has 15 heavy (non-hydrogen) atoms. The summed E-state index contributed by atoms with van der Waals surface area (Å²) >= 11 is 0. The molecule has 4 heteroatoms. The standard InChI is InChI=1S/C11H17N3O/c1-2-3-4-10(12)11(15)14-9-5-7-13-8-6-9/h5-8,10H,2-4,12H2,1H3,(H,13,14,15)/t10-/m0/s1. The Morgan fingerprint density at radius 3 is 2.80 bits per heavy atom. The molecular formula is C11H17N3O. The van der Waals surface area contributed by atoms with E-state index in [1.165, 1.54) is 0 Å². The van der Waals surface area contributed by atoms with E-state index in [9.17, 15) is 4.79 Å². The zero-order chi connectivity index (χ0) is 11.1. The molecule has 3 N–H and O–H groups in total. The normalized spacial score (nSPS) is 12.1. The van der Waals surface area contributed by atoms with E-state index in [0.29, 0.717) is 0 Å². The van der Waals surface area contributed by atoms with Gasteiger partial charge in [0, 0.05) is 18.1 Å².